The van der Waals surface area contributed by atoms with E-state index in [2.05, 4.69) is 55.1 Å². The van der Waals surface area contributed by atoms with Crippen molar-refractivity contribution in [3.63, 3.8) is 0 Å². The summed E-state index contributed by atoms with van der Waals surface area (Å²) in [6, 6.07) is -0.575. The molecule has 20 nitrogen and oxygen atoms in total. The molecule has 9 atom stereocenters. The van der Waals surface area contributed by atoms with Crippen LogP contribution in [-0.2, 0) is 36.4 Å². The number of thiol groups is 2. The third-order valence-corrected chi connectivity index (χ3v) is 10.00. The van der Waals surface area contributed by atoms with Crippen molar-refractivity contribution in [1.29, 1.82) is 0 Å². The highest BCUT2D eigenvalue weighted by atomic mass is 32.7. The molecule has 0 amide bonds. The highest BCUT2D eigenvalue weighted by molar-refractivity contribution is 8.44. The first kappa shape index (κ1) is 33.2. The molecular formula is C22H28N10O10P2S2. The van der Waals surface area contributed by atoms with Gasteiger partial charge in [-0.25, -0.2) is 29.1 Å². The van der Waals surface area contributed by atoms with E-state index in [0.717, 1.165) is 0 Å². The maximum Gasteiger partial charge on any atom is 0.386 e. The molecule has 6 rings (SSSR count). The minimum absolute atomic E-state index is 0.0411. The SMILES string of the molecule is CO[C@H]1[C@@H](O[P@](=O)(S)OC[C@H]2C[C@@H](n3cnc4c(N)ncnc43)[C@H](O)[C@@H]2OS)[C@H](n2cnc3c(=O)[nH]c(N)nc32)O[C@@H]1COP=O. The van der Waals surface area contributed by atoms with Crippen LogP contribution in [0.1, 0.15) is 18.7 Å². The maximum atomic E-state index is 13.7. The van der Waals surface area contributed by atoms with Gasteiger partial charge in [0, 0.05) is 13.0 Å². The molecule has 24 heteroatoms. The van der Waals surface area contributed by atoms with Gasteiger partial charge in [0.05, 0.1) is 31.9 Å². The Hall–Kier alpha value is -2.75. The highest BCUT2D eigenvalue weighted by Crippen LogP contribution is 2.58. The Bertz CT molecular complexity index is 1850. The molecule has 0 spiro atoms. The number of imidazole rings is 2. The summed E-state index contributed by atoms with van der Waals surface area (Å²) in [6.45, 7) is -4.67. The van der Waals surface area contributed by atoms with E-state index in [9.17, 15) is 19.0 Å². The number of nitrogens with one attached hydrogen (secondary N) is 1. The van der Waals surface area contributed by atoms with Crippen LogP contribution >= 0.6 is 40.6 Å². The van der Waals surface area contributed by atoms with Crippen molar-refractivity contribution < 1.29 is 41.5 Å². The van der Waals surface area contributed by atoms with Crippen molar-refractivity contribution in [1.82, 2.24) is 39.0 Å². The quantitative estimate of drug-likeness (QED) is 0.0673. The number of nitrogens with zero attached hydrogens (tertiary/aromatic N) is 7. The summed E-state index contributed by atoms with van der Waals surface area (Å²) in [7, 11) is 0.753. The van der Waals surface area contributed by atoms with E-state index in [1.807, 2.05) is 0 Å². The summed E-state index contributed by atoms with van der Waals surface area (Å²) in [5.41, 5.74) is 11.9. The molecule has 0 unspecified atom stereocenters. The number of aromatic nitrogens is 8. The van der Waals surface area contributed by atoms with Crippen LogP contribution in [-0.4, -0.2) is 95.0 Å². The zero-order valence-corrected chi connectivity index (χ0v) is 27.2. The van der Waals surface area contributed by atoms with Gasteiger partial charge < -0.3 is 39.3 Å². The number of nitrogen functional groups attached to an aromatic ring is 2. The standard InChI is InChI=1S/C22H28N10O10P2S2/c1-37-15-10(4-38-43-35)40-21(32-7-28-12-19(32)29-22(24)30-20(12)34)16(15)41-44(36,46)39-3-8-2-9(13(33)14(8)42-45)31-6-27-11-17(23)25-5-26-18(11)31/h5-10,13-16,21,33,45H,2-4H2,1H3,(H,36,46)(H2,23,25,26)(H3,24,29,30,34)/t8-,9-,10-,13+,14-,15-,16-,21-,44-/m1/s1. The Balaban J connectivity index is 1.23. The van der Waals surface area contributed by atoms with Crippen molar-refractivity contribution >= 4 is 74.7 Å². The van der Waals surface area contributed by atoms with E-state index in [1.54, 1.807) is 4.57 Å². The number of fused-ring (bicyclic) bond motifs is 2. The van der Waals surface area contributed by atoms with Gasteiger partial charge in [0.1, 0.15) is 42.4 Å². The lowest BCUT2D eigenvalue weighted by atomic mass is 10.1. The lowest BCUT2D eigenvalue weighted by Crippen LogP contribution is -2.37. The molecule has 6 N–H and O–H groups in total. The van der Waals surface area contributed by atoms with Crippen molar-refractivity contribution in [2.45, 2.75) is 49.2 Å². The molecular weight excluding hydrogens is 690 g/mol. The second-order valence-electron chi connectivity index (χ2n) is 10.5. The summed E-state index contributed by atoms with van der Waals surface area (Å²) in [4.78, 5) is 35.4. The van der Waals surface area contributed by atoms with E-state index < -0.39 is 69.8 Å². The number of ether oxygens (including phenoxy) is 2. The van der Waals surface area contributed by atoms with Gasteiger partial charge in [0.2, 0.25) is 5.95 Å². The van der Waals surface area contributed by atoms with E-state index >= 15 is 0 Å². The summed E-state index contributed by atoms with van der Waals surface area (Å²) >= 11 is 8.17. The van der Waals surface area contributed by atoms with Crippen LogP contribution in [0, 0.1) is 5.92 Å². The number of methoxy groups -OCH3 is 1. The predicted molar refractivity (Wildman–Crippen MR) is 165 cm³/mol. The zero-order chi connectivity index (χ0) is 32.7. The molecule has 1 aliphatic heterocycles. The van der Waals surface area contributed by atoms with Gasteiger partial charge in [-0.3, -0.25) is 23.4 Å². The van der Waals surface area contributed by atoms with Crippen LogP contribution in [0.2, 0.25) is 0 Å². The molecule has 0 aromatic carbocycles. The van der Waals surface area contributed by atoms with Gasteiger partial charge in [-0.2, -0.15) is 4.98 Å². The first-order valence-corrected chi connectivity index (χ1v) is 17.3. The number of aromatic amines is 1. The van der Waals surface area contributed by atoms with Gasteiger partial charge in [0.15, 0.2) is 28.9 Å². The Kier molecular flexibility index (Phi) is 9.66. The summed E-state index contributed by atoms with van der Waals surface area (Å²) in [5.74, 6) is -0.532. The molecule has 4 aromatic heterocycles. The predicted octanol–water partition coefficient (Wildman–Crippen LogP) is 0.851. The van der Waals surface area contributed by atoms with Gasteiger partial charge >= 0.3 is 15.5 Å². The number of H-pyrrole nitrogens is 1. The molecule has 2 fully saturated rings. The molecule has 2 aliphatic rings. The molecule has 248 valence electrons. The van der Waals surface area contributed by atoms with Crippen LogP contribution in [0.5, 0.6) is 0 Å². The zero-order valence-electron chi connectivity index (χ0n) is 23.7. The average molecular weight is 719 g/mol. The van der Waals surface area contributed by atoms with Gasteiger partial charge in [-0.15, -0.1) is 0 Å². The van der Waals surface area contributed by atoms with Crippen LogP contribution in [0.25, 0.3) is 22.3 Å². The van der Waals surface area contributed by atoms with Gasteiger partial charge in [-0.1, -0.05) is 12.2 Å². The second-order valence-corrected chi connectivity index (χ2v) is 13.9. The minimum Gasteiger partial charge on any atom is -0.388 e. The van der Waals surface area contributed by atoms with Crippen molar-refractivity contribution in [3.8, 4) is 0 Å². The summed E-state index contributed by atoms with van der Waals surface area (Å²) in [6.07, 6.45) is -1.80. The summed E-state index contributed by atoms with van der Waals surface area (Å²) < 4.78 is 61.4. The van der Waals surface area contributed by atoms with E-state index in [4.69, 9.17) is 38.7 Å². The number of hydrogen-bond acceptors (Lipinski definition) is 18. The Labute approximate surface area is 271 Å². The Morgan fingerprint density at radius 3 is 2.63 bits per heavy atom. The Morgan fingerprint density at radius 1 is 1.13 bits per heavy atom. The normalized spacial score (nSPS) is 29.7. The third kappa shape index (κ3) is 6.15. The fourth-order valence-corrected chi connectivity index (χ4v) is 7.86. The lowest BCUT2D eigenvalue weighted by Gasteiger charge is -2.27. The molecule has 5 heterocycles. The van der Waals surface area contributed by atoms with Crippen LogP contribution in [0.15, 0.2) is 23.8 Å². The fraction of sp³-hybridized carbons (Fsp3) is 0.545. The molecule has 0 bridgehead atoms. The molecule has 1 aliphatic carbocycles. The lowest BCUT2D eigenvalue weighted by molar-refractivity contribution is -0.0469. The maximum absolute atomic E-state index is 13.7. The number of nitrogens with two attached hydrogens (primary N) is 2. The minimum atomic E-state index is -4.23. The van der Waals surface area contributed by atoms with Crippen molar-refractivity contribution in [3.05, 3.63) is 29.3 Å². The first-order valence-electron chi connectivity index (χ1n) is 13.5. The number of aliphatic hydroxyl groups excluding tert-OH is 1. The number of aliphatic hydroxyl groups is 1. The summed E-state index contributed by atoms with van der Waals surface area (Å²) in [5, 5.41) is 11.1. The van der Waals surface area contributed by atoms with E-state index in [0.29, 0.717) is 11.2 Å². The largest absolute Gasteiger partial charge is 0.388 e. The topological polar surface area (TPSA) is 269 Å². The monoisotopic (exact) mass is 718 g/mol. The number of anilines is 2. The molecule has 46 heavy (non-hydrogen) atoms. The Morgan fingerprint density at radius 2 is 1.89 bits per heavy atom. The molecule has 1 saturated carbocycles. The fourth-order valence-electron chi connectivity index (χ4n) is 5.85. The highest BCUT2D eigenvalue weighted by Gasteiger charge is 2.51. The van der Waals surface area contributed by atoms with E-state index in [-0.39, 0.29) is 42.6 Å². The van der Waals surface area contributed by atoms with E-state index in [1.165, 1.54) is 30.7 Å². The van der Waals surface area contributed by atoms with Gasteiger partial charge in [-0.05, 0) is 19.3 Å². The smallest absolute Gasteiger partial charge is 0.386 e. The third-order valence-electron chi connectivity index (χ3n) is 7.89. The number of rotatable bonds is 12. The number of hydrogen-bond donors (Lipinski definition) is 6. The molecule has 1 saturated heterocycles. The van der Waals surface area contributed by atoms with Crippen LogP contribution < -0.4 is 17.0 Å². The first-order chi connectivity index (χ1) is 22.1. The van der Waals surface area contributed by atoms with Crippen molar-refractivity contribution in [2.75, 3.05) is 31.8 Å². The van der Waals surface area contributed by atoms with Gasteiger partial charge in [0.25, 0.3) is 5.56 Å². The average Bonchev–Trinajstić information content (AvgIpc) is 3.78. The van der Waals surface area contributed by atoms with Crippen LogP contribution in [0.3, 0.4) is 0 Å². The van der Waals surface area contributed by atoms with Crippen LogP contribution in [0.4, 0.5) is 11.8 Å². The second kappa shape index (κ2) is 13.4. The molecule has 0 radical (unpaired) electrons. The van der Waals surface area contributed by atoms with Crippen molar-refractivity contribution in [2.24, 2.45) is 5.92 Å². The molecule has 4 aromatic rings.